The van der Waals surface area contributed by atoms with Gasteiger partial charge >= 0.3 is 0 Å². The number of hydrogen-bond acceptors (Lipinski definition) is 4. The summed E-state index contributed by atoms with van der Waals surface area (Å²) in [5, 5.41) is 7.64. The molecular formula is C16H17N5O2. The van der Waals surface area contributed by atoms with E-state index in [0.717, 1.165) is 35.9 Å². The van der Waals surface area contributed by atoms with Crippen LogP contribution in [0.3, 0.4) is 0 Å². The highest BCUT2D eigenvalue weighted by molar-refractivity contribution is 6.15. The van der Waals surface area contributed by atoms with Crippen molar-refractivity contribution in [3.8, 4) is 0 Å². The van der Waals surface area contributed by atoms with Gasteiger partial charge in [-0.1, -0.05) is 0 Å². The molecule has 4 rings (SSSR count). The summed E-state index contributed by atoms with van der Waals surface area (Å²) in [7, 11) is 1.95. The van der Waals surface area contributed by atoms with Crippen LogP contribution in [-0.4, -0.2) is 47.5 Å². The second-order valence-corrected chi connectivity index (χ2v) is 6.02. The number of aromatic amines is 1. The topological polar surface area (TPSA) is 89.6 Å². The Labute approximate surface area is 132 Å². The van der Waals surface area contributed by atoms with Gasteiger partial charge in [0.2, 0.25) is 5.91 Å². The molecule has 0 unspecified atom stereocenters. The van der Waals surface area contributed by atoms with E-state index in [4.69, 9.17) is 0 Å². The Balaban J connectivity index is 1.70. The molecule has 0 radical (unpaired) electrons. The molecule has 2 aromatic rings. The van der Waals surface area contributed by atoms with Crippen LogP contribution in [0.25, 0.3) is 10.9 Å². The monoisotopic (exact) mass is 311 g/mol. The SMILES string of the molecule is CN1CCC[C@H]1C(=O)Nc1cc2c3c(c[nH]c3c1)C=NNC2=O. The lowest BCUT2D eigenvalue weighted by Crippen LogP contribution is -2.37. The molecular weight excluding hydrogens is 294 g/mol. The zero-order valence-electron chi connectivity index (χ0n) is 12.7. The first-order valence-electron chi connectivity index (χ1n) is 7.63. The van der Waals surface area contributed by atoms with Gasteiger partial charge in [0.25, 0.3) is 5.91 Å². The average Bonchev–Trinajstić information content (AvgIpc) is 3.08. The largest absolute Gasteiger partial charge is 0.360 e. The highest BCUT2D eigenvalue weighted by Crippen LogP contribution is 2.28. The zero-order chi connectivity index (χ0) is 16.0. The first-order valence-corrected chi connectivity index (χ1v) is 7.63. The van der Waals surface area contributed by atoms with E-state index in [1.54, 1.807) is 18.5 Å². The summed E-state index contributed by atoms with van der Waals surface area (Å²) in [6.07, 6.45) is 5.30. The molecule has 0 bridgehead atoms. The van der Waals surface area contributed by atoms with E-state index >= 15 is 0 Å². The Morgan fingerprint density at radius 2 is 2.30 bits per heavy atom. The molecule has 7 heteroatoms. The zero-order valence-corrected chi connectivity index (χ0v) is 12.7. The predicted octanol–water partition coefficient (Wildman–Crippen LogP) is 1.28. The van der Waals surface area contributed by atoms with Crippen LogP contribution in [0.1, 0.15) is 28.8 Å². The number of rotatable bonds is 2. The highest BCUT2D eigenvalue weighted by atomic mass is 16.2. The molecule has 2 aliphatic heterocycles. The van der Waals surface area contributed by atoms with Gasteiger partial charge < -0.3 is 10.3 Å². The first kappa shape index (κ1) is 14.0. The fraction of sp³-hybridized carbons (Fsp3) is 0.312. The van der Waals surface area contributed by atoms with Gasteiger partial charge in [-0.3, -0.25) is 14.5 Å². The molecule has 0 spiro atoms. The quantitative estimate of drug-likeness (QED) is 0.780. The summed E-state index contributed by atoms with van der Waals surface area (Å²) >= 11 is 0. The molecule has 23 heavy (non-hydrogen) atoms. The van der Waals surface area contributed by atoms with Crippen molar-refractivity contribution in [1.82, 2.24) is 15.3 Å². The van der Waals surface area contributed by atoms with Crippen LogP contribution in [0.15, 0.2) is 23.4 Å². The van der Waals surface area contributed by atoms with E-state index in [-0.39, 0.29) is 17.9 Å². The van der Waals surface area contributed by atoms with Crippen molar-refractivity contribution in [2.75, 3.05) is 18.9 Å². The summed E-state index contributed by atoms with van der Waals surface area (Å²) in [5.41, 5.74) is 5.25. The van der Waals surface area contributed by atoms with E-state index in [2.05, 4.69) is 25.7 Å². The minimum absolute atomic E-state index is 0.0337. The van der Waals surface area contributed by atoms with Gasteiger partial charge in [-0.25, -0.2) is 5.43 Å². The van der Waals surface area contributed by atoms with Gasteiger partial charge in [0, 0.05) is 28.4 Å². The maximum absolute atomic E-state index is 12.4. The van der Waals surface area contributed by atoms with Gasteiger partial charge in [-0.2, -0.15) is 5.10 Å². The molecule has 0 aliphatic carbocycles. The number of likely N-dealkylation sites (N-methyl/N-ethyl adjacent to an activating group) is 1. The number of hydrazone groups is 1. The number of hydrogen-bond donors (Lipinski definition) is 3. The lowest BCUT2D eigenvalue weighted by molar-refractivity contribution is -0.119. The molecule has 3 heterocycles. The summed E-state index contributed by atoms with van der Waals surface area (Å²) in [6.45, 7) is 0.933. The van der Waals surface area contributed by atoms with Crippen molar-refractivity contribution < 1.29 is 9.59 Å². The van der Waals surface area contributed by atoms with Crippen LogP contribution in [0, 0.1) is 0 Å². The van der Waals surface area contributed by atoms with Gasteiger partial charge in [0.1, 0.15) is 0 Å². The molecule has 1 atom stereocenters. The fourth-order valence-electron chi connectivity index (χ4n) is 3.34. The Bertz CT molecular complexity index is 838. The maximum Gasteiger partial charge on any atom is 0.272 e. The molecule has 3 N–H and O–H groups in total. The van der Waals surface area contributed by atoms with Crippen LogP contribution in [-0.2, 0) is 4.79 Å². The molecule has 2 aliphatic rings. The Morgan fingerprint density at radius 1 is 1.43 bits per heavy atom. The third-order valence-electron chi connectivity index (χ3n) is 4.52. The van der Waals surface area contributed by atoms with Gasteiger partial charge in [-0.05, 0) is 38.6 Å². The van der Waals surface area contributed by atoms with Crippen molar-refractivity contribution >= 4 is 34.6 Å². The molecule has 2 amide bonds. The van der Waals surface area contributed by atoms with Crippen LogP contribution in [0.2, 0.25) is 0 Å². The summed E-state index contributed by atoms with van der Waals surface area (Å²) in [4.78, 5) is 29.8. The van der Waals surface area contributed by atoms with E-state index in [0.29, 0.717) is 11.3 Å². The van der Waals surface area contributed by atoms with Crippen molar-refractivity contribution in [2.24, 2.45) is 5.10 Å². The van der Waals surface area contributed by atoms with E-state index in [1.807, 2.05) is 13.1 Å². The number of nitrogens with one attached hydrogen (secondary N) is 3. The average molecular weight is 311 g/mol. The van der Waals surface area contributed by atoms with Gasteiger partial charge in [0.15, 0.2) is 0 Å². The Kier molecular flexibility index (Phi) is 3.16. The predicted molar refractivity (Wildman–Crippen MR) is 87.6 cm³/mol. The number of nitrogens with zero attached hydrogens (tertiary/aromatic N) is 2. The fourth-order valence-corrected chi connectivity index (χ4v) is 3.34. The van der Waals surface area contributed by atoms with Crippen LogP contribution in [0.5, 0.6) is 0 Å². The number of H-pyrrole nitrogens is 1. The second kappa shape index (κ2) is 5.20. The number of likely N-dealkylation sites (tertiary alicyclic amines) is 1. The molecule has 7 nitrogen and oxygen atoms in total. The number of amides is 2. The smallest absolute Gasteiger partial charge is 0.272 e. The minimum Gasteiger partial charge on any atom is -0.360 e. The van der Waals surface area contributed by atoms with Crippen molar-refractivity contribution in [2.45, 2.75) is 18.9 Å². The van der Waals surface area contributed by atoms with Crippen LogP contribution >= 0.6 is 0 Å². The third-order valence-corrected chi connectivity index (χ3v) is 4.52. The molecule has 1 aromatic heterocycles. The van der Waals surface area contributed by atoms with E-state index < -0.39 is 0 Å². The summed E-state index contributed by atoms with van der Waals surface area (Å²) < 4.78 is 0. The molecule has 1 aromatic carbocycles. The van der Waals surface area contributed by atoms with E-state index in [1.165, 1.54) is 0 Å². The molecule has 1 fully saturated rings. The lowest BCUT2D eigenvalue weighted by Gasteiger charge is -2.19. The number of benzene rings is 1. The summed E-state index contributed by atoms with van der Waals surface area (Å²) in [5.74, 6) is -0.313. The van der Waals surface area contributed by atoms with Crippen LogP contribution in [0.4, 0.5) is 5.69 Å². The number of carbonyl (C=O) groups is 2. The van der Waals surface area contributed by atoms with Crippen molar-refractivity contribution in [3.63, 3.8) is 0 Å². The number of carbonyl (C=O) groups excluding carboxylic acids is 2. The number of aromatic nitrogens is 1. The van der Waals surface area contributed by atoms with E-state index in [9.17, 15) is 9.59 Å². The van der Waals surface area contributed by atoms with Crippen molar-refractivity contribution in [3.05, 3.63) is 29.5 Å². The highest BCUT2D eigenvalue weighted by Gasteiger charge is 2.28. The second-order valence-electron chi connectivity index (χ2n) is 6.02. The minimum atomic E-state index is -0.279. The molecule has 1 saturated heterocycles. The molecule has 0 saturated carbocycles. The Hall–Kier alpha value is -2.67. The maximum atomic E-state index is 12.4. The van der Waals surface area contributed by atoms with Crippen molar-refractivity contribution in [1.29, 1.82) is 0 Å². The first-order chi connectivity index (χ1) is 11.1. The molecule has 118 valence electrons. The normalized spacial score (nSPS) is 20.6. The number of anilines is 1. The van der Waals surface area contributed by atoms with Crippen LogP contribution < -0.4 is 10.7 Å². The lowest BCUT2D eigenvalue weighted by atomic mass is 10.0. The third kappa shape index (κ3) is 2.29. The standard InChI is InChI=1S/C16H17N5O2/c1-21-4-2-3-13(21)16(23)19-10-5-11-14-9(7-17-12(14)6-10)8-18-20-15(11)22/h5-8,13,17H,2-4H2,1H3,(H,19,23)(H,20,22)/t13-/m0/s1. The Morgan fingerprint density at radius 3 is 3.09 bits per heavy atom. The van der Waals surface area contributed by atoms with Gasteiger partial charge in [0.05, 0.1) is 17.8 Å². The summed E-state index contributed by atoms with van der Waals surface area (Å²) in [6, 6.07) is 3.44. The van der Waals surface area contributed by atoms with Gasteiger partial charge in [-0.15, -0.1) is 0 Å².